The van der Waals surface area contributed by atoms with Gasteiger partial charge in [-0.25, -0.2) is 0 Å². The van der Waals surface area contributed by atoms with Gasteiger partial charge in [0.1, 0.15) is 11.5 Å². The second-order valence-corrected chi connectivity index (χ2v) is 6.47. The number of Topliss-reactive ketones (excluding diaryl/α,β-unsaturated/α-hetero) is 1. The van der Waals surface area contributed by atoms with Gasteiger partial charge in [0.05, 0.1) is 12.2 Å². The summed E-state index contributed by atoms with van der Waals surface area (Å²) in [4.78, 5) is 12.7. The number of hydrogen-bond donors (Lipinski definition) is 0. The Hall–Kier alpha value is -3.33. The highest BCUT2D eigenvalue weighted by atomic mass is 16.5. The highest BCUT2D eigenvalue weighted by Crippen LogP contribution is 2.37. The summed E-state index contributed by atoms with van der Waals surface area (Å²) in [5, 5.41) is 0. The molecule has 0 saturated carbocycles. The minimum Gasteiger partial charge on any atom is -0.494 e. The maximum absolute atomic E-state index is 12.7. The van der Waals surface area contributed by atoms with E-state index in [1.54, 1.807) is 12.1 Å². The molecule has 27 heavy (non-hydrogen) atoms. The van der Waals surface area contributed by atoms with Gasteiger partial charge in [0.25, 0.3) is 0 Å². The van der Waals surface area contributed by atoms with E-state index in [1.807, 2.05) is 62.4 Å². The van der Waals surface area contributed by atoms with E-state index in [0.29, 0.717) is 23.7 Å². The first-order valence-electron chi connectivity index (χ1n) is 9.03. The summed E-state index contributed by atoms with van der Waals surface area (Å²) >= 11 is 0. The van der Waals surface area contributed by atoms with Crippen molar-refractivity contribution in [3.8, 4) is 22.6 Å². The SMILES string of the molecule is CCOc1cc(C)c2c(c1)O/C(=C\c1ccc(-c3ccccc3)cc1)C2=O. The van der Waals surface area contributed by atoms with Crippen LogP contribution in [0.5, 0.6) is 11.5 Å². The summed E-state index contributed by atoms with van der Waals surface area (Å²) in [6.45, 7) is 4.40. The summed E-state index contributed by atoms with van der Waals surface area (Å²) in [5.74, 6) is 1.54. The fraction of sp³-hybridized carbons (Fsp3) is 0.125. The second-order valence-electron chi connectivity index (χ2n) is 6.47. The zero-order chi connectivity index (χ0) is 18.8. The van der Waals surface area contributed by atoms with E-state index in [0.717, 1.165) is 28.0 Å². The van der Waals surface area contributed by atoms with Crippen LogP contribution in [0.15, 0.2) is 72.5 Å². The Morgan fingerprint density at radius 3 is 2.37 bits per heavy atom. The van der Waals surface area contributed by atoms with Crippen LogP contribution in [0.2, 0.25) is 0 Å². The first kappa shape index (κ1) is 17.1. The molecule has 0 aromatic heterocycles. The number of allylic oxidation sites excluding steroid dienone is 1. The molecule has 1 heterocycles. The van der Waals surface area contributed by atoms with E-state index in [2.05, 4.69) is 12.1 Å². The number of carbonyl (C=O) groups is 1. The highest BCUT2D eigenvalue weighted by Gasteiger charge is 2.29. The number of aryl methyl sites for hydroxylation is 1. The number of ether oxygens (including phenoxy) is 2. The molecule has 1 aliphatic heterocycles. The maximum Gasteiger partial charge on any atom is 0.232 e. The molecule has 0 N–H and O–H groups in total. The molecule has 4 rings (SSSR count). The molecule has 1 aliphatic rings. The average Bonchev–Trinajstić information content (AvgIpc) is 2.99. The predicted octanol–water partition coefficient (Wildman–Crippen LogP) is 5.68. The van der Waals surface area contributed by atoms with Crippen molar-refractivity contribution in [2.45, 2.75) is 13.8 Å². The van der Waals surface area contributed by atoms with E-state index in [-0.39, 0.29) is 5.78 Å². The van der Waals surface area contributed by atoms with Crippen molar-refractivity contribution in [1.29, 1.82) is 0 Å². The topological polar surface area (TPSA) is 35.5 Å². The molecule has 3 nitrogen and oxygen atoms in total. The van der Waals surface area contributed by atoms with Crippen LogP contribution < -0.4 is 9.47 Å². The monoisotopic (exact) mass is 356 g/mol. The van der Waals surface area contributed by atoms with Crippen LogP contribution in [0.3, 0.4) is 0 Å². The number of rotatable bonds is 4. The van der Waals surface area contributed by atoms with E-state index < -0.39 is 0 Å². The molecule has 0 saturated heterocycles. The first-order chi connectivity index (χ1) is 13.2. The number of carbonyl (C=O) groups excluding carboxylic acids is 1. The lowest BCUT2D eigenvalue weighted by Crippen LogP contribution is -1.99. The zero-order valence-corrected chi connectivity index (χ0v) is 15.4. The van der Waals surface area contributed by atoms with Gasteiger partial charge in [-0.05, 0) is 48.2 Å². The third kappa shape index (κ3) is 3.36. The minimum atomic E-state index is -0.0855. The van der Waals surface area contributed by atoms with Crippen molar-refractivity contribution < 1.29 is 14.3 Å². The molecular formula is C24H20O3. The first-order valence-corrected chi connectivity index (χ1v) is 9.03. The number of benzene rings is 3. The molecule has 0 amide bonds. The summed E-state index contributed by atoms with van der Waals surface area (Å²) in [6.07, 6.45) is 1.79. The Kier molecular flexibility index (Phi) is 4.51. The lowest BCUT2D eigenvalue weighted by atomic mass is 10.0. The van der Waals surface area contributed by atoms with Crippen LogP contribution in [-0.4, -0.2) is 12.4 Å². The van der Waals surface area contributed by atoms with Crippen molar-refractivity contribution >= 4 is 11.9 Å². The Bertz CT molecular complexity index is 1020. The Labute approximate surface area is 158 Å². The summed E-state index contributed by atoms with van der Waals surface area (Å²) in [5.41, 5.74) is 4.70. The molecule has 0 radical (unpaired) electrons. The lowest BCUT2D eigenvalue weighted by molar-refractivity contribution is 0.101. The highest BCUT2D eigenvalue weighted by molar-refractivity contribution is 6.15. The van der Waals surface area contributed by atoms with Crippen molar-refractivity contribution in [3.63, 3.8) is 0 Å². The molecule has 3 aromatic carbocycles. The Morgan fingerprint density at radius 1 is 0.963 bits per heavy atom. The smallest absolute Gasteiger partial charge is 0.232 e. The number of fused-ring (bicyclic) bond motifs is 1. The van der Waals surface area contributed by atoms with Crippen molar-refractivity contribution in [2.24, 2.45) is 0 Å². The molecule has 134 valence electrons. The van der Waals surface area contributed by atoms with Gasteiger partial charge >= 0.3 is 0 Å². The standard InChI is InChI=1S/C24H20O3/c1-3-26-20-13-16(2)23-21(15-20)27-22(24(23)25)14-17-9-11-19(12-10-17)18-7-5-4-6-8-18/h4-15H,3H2,1-2H3/b22-14-. The molecule has 0 unspecified atom stereocenters. The fourth-order valence-electron chi connectivity index (χ4n) is 3.28. The molecule has 3 heteroatoms. The van der Waals surface area contributed by atoms with Gasteiger partial charge in [-0.3, -0.25) is 4.79 Å². The van der Waals surface area contributed by atoms with Crippen LogP contribution in [0, 0.1) is 6.92 Å². The van der Waals surface area contributed by atoms with Gasteiger partial charge in [0, 0.05) is 6.07 Å². The fourth-order valence-corrected chi connectivity index (χ4v) is 3.28. The third-order valence-corrected chi connectivity index (χ3v) is 4.57. The quantitative estimate of drug-likeness (QED) is 0.564. The summed E-state index contributed by atoms with van der Waals surface area (Å²) in [6, 6.07) is 21.9. The minimum absolute atomic E-state index is 0.0855. The molecule has 0 bridgehead atoms. The van der Waals surface area contributed by atoms with Gasteiger partial charge in [0.15, 0.2) is 5.76 Å². The van der Waals surface area contributed by atoms with E-state index in [9.17, 15) is 4.79 Å². The van der Waals surface area contributed by atoms with E-state index >= 15 is 0 Å². The van der Waals surface area contributed by atoms with Gasteiger partial charge in [-0.2, -0.15) is 0 Å². The summed E-state index contributed by atoms with van der Waals surface area (Å²) in [7, 11) is 0. The second kappa shape index (κ2) is 7.12. The Balaban J connectivity index is 1.61. The molecule has 0 atom stereocenters. The van der Waals surface area contributed by atoms with Crippen molar-refractivity contribution in [3.05, 3.63) is 89.2 Å². The van der Waals surface area contributed by atoms with Gasteiger partial charge in [0.2, 0.25) is 5.78 Å². The van der Waals surface area contributed by atoms with Crippen LogP contribution in [0.4, 0.5) is 0 Å². The predicted molar refractivity (Wildman–Crippen MR) is 107 cm³/mol. The largest absolute Gasteiger partial charge is 0.494 e. The van der Waals surface area contributed by atoms with Crippen LogP contribution in [0.25, 0.3) is 17.2 Å². The van der Waals surface area contributed by atoms with Crippen molar-refractivity contribution in [1.82, 2.24) is 0 Å². The van der Waals surface area contributed by atoms with E-state index in [1.165, 1.54) is 0 Å². The normalized spacial score (nSPS) is 14.1. The molecular weight excluding hydrogens is 336 g/mol. The molecule has 0 spiro atoms. The average molecular weight is 356 g/mol. The molecule has 3 aromatic rings. The summed E-state index contributed by atoms with van der Waals surface area (Å²) < 4.78 is 11.4. The molecule has 0 fully saturated rings. The van der Waals surface area contributed by atoms with Gasteiger partial charge < -0.3 is 9.47 Å². The van der Waals surface area contributed by atoms with E-state index in [4.69, 9.17) is 9.47 Å². The zero-order valence-electron chi connectivity index (χ0n) is 15.4. The van der Waals surface area contributed by atoms with Crippen LogP contribution >= 0.6 is 0 Å². The lowest BCUT2D eigenvalue weighted by Gasteiger charge is -2.06. The van der Waals surface area contributed by atoms with Gasteiger partial charge in [-0.15, -0.1) is 0 Å². The van der Waals surface area contributed by atoms with Crippen LogP contribution in [-0.2, 0) is 0 Å². The maximum atomic E-state index is 12.7. The number of hydrogen-bond acceptors (Lipinski definition) is 3. The Morgan fingerprint density at radius 2 is 1.67 bits per heavy atom. The third-order valence-electron chi connectivity index (χ3n) is 4.57. The molecule has 0 aliphatic carbocycles. The van der Waals surface area contributed by atoms with Crippen molar-refractivity contribution in [2.75, 3.05) is 6.61 Å². The van der Waals surface area contributed by atoms with Crippen LogP contribution in [0.1, 0.15) is 28.4 Å². The number of ketones is 1. The van der Waals surface area contributed by atoms with Gasteiger partial charge in [-0.1, -0.05) is 54.6 Å².